The third-order valence-electron chi connectivity index (χ3n) is 4.55. The van der Waals surface area contributed by atoms with Gasteiger partial charge in [-0.05, 0) is 28.8 Å². The minimum Gasteiger partial charge on any atom is -0.497 e. The summed E-state index contributed by atoms with van der Waals surface area (Å²) in [6.45, 7) is 5.11. The molecule has 1 amide bonds. The molecule has 1 saturated heterocycles. The topological polar surface area (TPSA) is 50.8 Å². The van der Waals surface area contributed by atoms with Gasteiger partial charge in [-0.15, -0.1) is 0 Å². The quantitative estimate of drug-likeness (QED) is 0.829. The molecule has 0 aromatic heterocycles. The summed E-state index contributed by atoms with van der Waals surface area (Å²) in [5.74, 6) is 0.818. The Labute approximate surface area is 154 Å². The highest BCUT2D eigenvalue weighted by molar-refractivity contribution is 5.78. The molecule has 0 bridgehead atoms. The molecule has 2 aromatic carbocycles. The molecule has 1 N–H and O–H groups in total. The van der Waals surface area contributed by atoms with E-state index in [4.69, 9.17) is 9.47 Å². The first kappa shape index (κ1) is 18.4. The van der Waals surface area contributed by atoms with Crippen molar-refractivity contribution in [3.63, 3.8) is 0 Å². The SMILES string of the molecule is COc1ccc(CC(=O)NCc2ccc(CN3CCOCC3)cc2)cc1. The van der Waals surface area contributed by atoms with Gasteiger partial charge in [-0.3, -0.25) is 9.69 Å². The molecular formula is C21H26N2O3. The number of rotatable bonds is 7. The lowest BCUT2D eigenvalue weighted by Gasteiger charge is -2.26. The molecule has 3 rings (SSSR count). The molecule has 0 aliphatic carbocycles. The Kier molecular flexibility index (Phi) is 6.63. The number of morpholine rings is 1. The fourth-order valence-electron chi connectivity index (χ4n) is 2.97. The first-order valence-electron chi connectivity index (χ1n) is 9.00. The van der Waals surface area contributed by atoms with Crippen molar-refractivity contribution in [3.8, 4) is 5.75 Å². The summed E-state index contributed by atoms with van der Waals surface area (Å²) < 4.78 is 10.5. The van der Waals surface area contributed by atoms with Gasteiger partial charge in [0.25, 0.3) is 0 Å². The molecule has 26 heavy (non-hydrogen) atoms. The van der Waals surface area contributed by atoms with E-state index in [-0.39, 0.29) is 5.91 Å². The number of carbonyl (C=O) groups is 1. The number of amides is 1. The summed E-state index contributed by atoms with van der Waals surface area (Å²) in [6, 6.07) is 16.0. The molecule has 0 unspecified atom stereocenters. The van der Waals surface area contributed by atoms with Crippen molar-refractivity contribution < 1.29 is 14.3 Å². The minimum absolute atomic E-state index is 0.0209. The van der Waals surface area contributed by atoms with Gasteiger partial charge in [0.2, 0.25) is 5.91 Å². The zero-order valence-corrected chi connectivity index (χ0v) is 15.2. The normalized spacial score (nSPS) is 14.8. The highest BCUT2D eigenvalue weighted by Crippen LogP contribution is 2.12. The number of nitrogens with zero attached hydrogens (tertiary/aromatic N) is 1. The Hall–Kier alpha value is -2.37. The molecule has 1 fully saturated rings. The molecule has 0 spiro atoms. The van der Waals surface area contributed by atoms with E-state index in [1.807, 2.05) is 24.3 Å². The fourth-order valence-corrected chi connectivity index (χ4v) is 2.97. The van der Waals surface area contributed by atoms with E-state index in [1.165, 1.54) is 5.56 Å². The number of carbonyl (C=O) groups excluding carboxylic acids is 1. The molecule has 5 nitrogen and oxygen atoms in total. The van der Waals surface area contributed by atoms with E-state index in [2.05, 4.69) is 34.5 Å². The molecule has 1 aliphatic heterocycles. The second kappa shape index (κ2) is 9.36. The summed E-state index contributed by atoms with van der Waals surface area (Å²) in [5, 5.41) is 2.98. The third kappa shape index (κ3) is 5.58. The molecule has 0 atom stereocenters. The lowest BCUT2D eigenvalue weighted by molar-refractivity contribution is -0.120. The Morgan fingerprint density at radius 2 is 1.62 bits per heavy atom. The molecular weight excluding hydrogens is 328 g/mol. The molecule has 0 radical (unpaired) electrons. The van der Waals surface area contributed by atoms with Crippen LogP contribution >= 0.6 is 0 Å². The van der Waals surface area contributed by atoms with Gasteiger partial charge in [0.15, 0.2) is 0 Å². The van der Waals surface area contributed by atoms with Crippen molar-refractivity contribution in [2.24, 2.45) is 0 Å². The predicted octanol–water partition coefficient (Wildman–Crippen LogP) is 2.39. The first-order valence-corrected chi connectivity index (χ1v) is 9.00. The van der Waals surface area contributed by atoms with E-state index >= 15 is 0 Å². The molecule has 5 heteroatoms. The molecule has 0 saturated carbocycles. The van der Waals surface area contributed by atoms with Crippen molar-refractivity contribution >= 4 is 5.91 Å². The second-order valence-electron chi connectivity index (χ2n) is 6.51. The lowest BCUT2D eigenvalue weighted by atomic mass is 10.1. The van der Waals surface area contributed by atoms with Gasteiger partial charge in [-0.1, -0.05) is 36.4 Å². The van der Waals surface area contributed by atoms with Crippen molar-refractivity contribution in [2.75, 3.05) is 33.4 Å². The van der Waals surface area contributed by atoms with Crippen LogP contribution in [0.3, 0.4) is 0 Å². The first-order chi connectivity index (χ1) is 12.7. The summed E-state index contributed by atoms with van der Waals surface area (Å²) in [5.41, 5.74) is 3.38. The van der Waals surface area contributed by atoms with Crippen LogP contribution in [0.15, 0.2) is 48.5 Å². The van der Waals surface area contributed by atoms with Gasteiger partial charge in [0.05, 0.1) is 26.7 Å². The zero-order valence-electron chi connectivity index (χ0n) is 15.2. The number of methoxy groups -OCH3 is 1. The average Bonchev–Trinajstić information content (AvgIpc) is 2.69. The highest BCUT2D eigenvalue weighted by Gasteiger charge is 2.10. The largest absolute Gasteiger partial charge is 0.497 e. The molecule has 2 aromatic rings. The van der Waals surface area contributed by atoms with E-state index in [1.54, 1.807) is 7.11 Å². The molecule has 1 heterocycles. The van der Waals surface area contributed by atoms with Gasteiger partial charge in [0.1, 0.15) is 5.75 Å². The average molecular weight is 354 g/mol. The second-order valence-corrected chi connectivity index (χ2v) is 6.51. The van der Waals surface area contributed by atoms with Crippen molar-refractivity contribution in [3.05, 3.63) is 65.2 Å². The van der Waals surface area contributed by atoms with E-state index in [0.29, 0.717) is 13.0 Å². The Bertz CT molecular complexity index is 692. The number of nitrogens with one attached hydrogen (secondary N) is 1. The Morgan fingerprint density at radius 3 is 2.27 bits per heavy atom. The minimum atomic E-state index is 0.0209. The monoisotopic (exact) mass is 354 g/mol. The van der Waals surface area contributed by atoms with Crippen molar-refractivity contribution in [1.29, 1.82) is 0 Å². The maximum atomic E-state index is 12.1. The van der Waals surface area contributed by atoms with Crippen LogP contribution in [-0.4, -0.2) is 44.2 Å². The van der Waals surface area contributed by atoms with Crippen LogP contribution in [0, 0.1) is 0 Å². The van der Waals surface area contributed by atoms with Crippen molar-refractivity contribution in [1.82, 2.24) is 10.2 Å². The van der Waals surface area contributed by atoms with Crippen LogP contribution in [-0.2, 0) is 29.0 Å². The van der Waals surface area contributed by atoms with E-state index < -0.39 is 0 Å². The summed E-state index contributed by atoms with van der Waals surface area (Å²) in [4.78, 5) is 14.5. The van der Waals surface area contributed by atoms with Crippen LogP contribution in [0.5, 0.6) is 5.75 Å². The highest BCUT2D eigenvalue weighted by atomic mass is 16.5. The summed E-state index contributed by atoms with van der Waals surface area (Å²) in [7, 11) is 1.63. The smallest absolute Gasteiger partial charge is 0.224 e. The number of hydrogen-bond acceptors (Lipinski definition) is 4. The third-order valence-corrected chi connectivity index (χ3v) is 4.55. The van der Waals surface area contributed by atoms with Gasteiger partial charge in [-0.2, -0.15) is 0 Å². The van der Waals surface area contributed by atoms with Gasteiger partial charge >= 0.3 is 0 Å². The van der Waals surface area contributed by atoms with Crippen LogP contribution in [0.1, 0.15) is 16.7 Å². The van der Waals surface area contributed by atoms with Gasteiger partial charge < -0.3 is 14.8 Å². The Morgan fingerprint density at radius 1 is 1.00 bits per heavy atom. The van der Waals surface area contributed by atoms with Crippen LogP contribution in [0.4, 0.5) is 0 Å². The number of benzene rings is 2. The molecule has 1 aliphatic rings. The van der Waals surface area contributed by atoms with Crippen LogP contribution in [0.2, 0.25) is 0 Å². The standard InChI is InChI=1S/C21H26N2O3/c1-25-20-8-6-17(7-9-20)14-21(24)22-15-18-2-4-19(5-3-18)16-23-10-12-26-13-11-23/h2-9H,10-16H2,1H3,(H,22,24). The van der Waals surface area contributed by atoms with Gasteiger partial charge in [0, 0.05) is 26.2 Å². The van der Waals surface area contributed by atoms with Crippen LogP contribution < -0.4 is 10.1 Å². The fraction of sp³-hybridized carbons (Fsp3) is 0.381. The summed E-state index contributed by atoms with van der Waals surface area (Å²) >= 11 is 0. The Balaban J connectivity index is 1.44. The van der Waals surface area contributed by atoms with Crippen LogP contribution in [0.25, 0.3) is 0 Å². The zero-order chi connectivity index (χ0) is 18.2. The number of hydrogen-bond donors (Lipinski definition) is 1. The van der Waals surface area contributed by atoms with E-state index in [0.717, 1.165) is 49.7 Å². The maximum Gasteiger partial charge on any atom is 0.224 e. The maximum absolute atomic E-state index is 12.1. The molecule has 138 valence electrons. The van der Waals surface area contributed by atoms with Gasteiger partial charge in [-0.25, -0.2) is 0 Å². The van der Waals surface area contributed by atoms with Crippen molar-refractivity contribution in [2.45, 2.75) is 19.5 Å². The summed E-state index contributed by atoms with van der Waals surface area (Å²) in [6.07, 6.45) is 0.374. The lowest BCUT2D eigenvalue weighted by Crippen LogP contribution is -2.35. The number of ether oxygens (including phenoxy) is 2. The predicted molar refractivity (Wildman–Crippen MR) is 101 cm³/mol. The van der Waals surface area contributed by atoms with E-state index in [9.17, 15) is 4.79 Å².